The molecule has 8 heteroatoms. The van der Waals surface area contributed by atoms with E-state index in [0.29, 0.717) is 0 Å². The molecule has 5 nitrogen and oxygen atoms in total. The van der Waals surface area contributed by atoms with E-state index < -0.39 is 12.1 Å². The summed E-state index contributed by atoms with van der Waals surface area (Å²) in [6.45, 7) is 4.77. The van der Waals surface area contributed by atoms with E-state index in [1.165, 1.54) is 0 Å². The first kappa shape index (κ1) is 30.5. The quantitative estimate of drug-likeness (QED) is 0.282. The summed E-state index contributed by atoms with van der Waals surface area (Å²) in [6.07, 6.45) is 0.0463. The van der Waals surface area contributed by atoms with Crippen molar-refractivity contribution in [2.45, 2.75) is 19.4 Å². The molecule has 1 radical (unpaired) electrons. The SMILES string of the molecule is O=C(O)CCl.OCC(O)CO.[CH2-]CC.[La].[Zn]. The molecule has 16 heavy (non-hydrogen) atoms. The first-order valence-electron chi connectivity index (χ1n) is 3.96. The largest absolute Gasteiger partial charge is 0.480 e. The Morgan fingerprint density at radius 3 is 1.56 bits per heavy atom. The second-order valence-electron chi connectivity index (χ2n) is 2.05. The third-order valence-corrected chi connectivity index (χ3v) is 0.764. The maximum absolute atomic E-state index is 9.24. The molecule has 0 spiro atoms. The van der Waals surface area contributed by atoms with Crippen LogP contribution in [0.25, 0.3) is 0 Å². The van der Waals surface area contributed by atoms with E-state index >= 15 is 0 Å². The molecule has 0 atom stereocenters. The molecule has 0 aromatic rings. The number of carbonyl (C=O) groups is 1. The zero-order valence-electron chi connectivity index (χ0n) is 9.47. The fourth-order valence-electron chi connectivity index (χ4n) is 0.0577. The van der Waals surface area contributed by atoms with Crippen LogP contribution < -0.4 is 0 Å². The number of carboxylic acid groups (broad SMARTS) is 1. The van der Waals surface area contributed by atoms with Gasteiger partial charge in [0.05, 0.1) is 13.2 Å². The number of aliphatic carboxylic acids is 1. The predicted molar refractivity (Wildman–Crippen MR) is 54.2 cm³/mol. The molecule has 0 aromatic heterocycles. The number of hydrogen-bond acceptors (Lipinski definition) is 4. The first-order chi connectivity index (χ1) is 6.49. The molecule has 0 aliphatic heterocycles. The van der Waals surface area contributed by atoms with Gasteiger partial charge < -0.3 is 27.3 Å². The molecule has 0 amide bonds. The van der Waals surface area contributed by atoms with Gasteiger partial charge in [0.2, 0.25) is 0 Å². The number of aliphatic hydroxyl groups excluding tert-OH is 3. The molecule has 0 heterocycles. The summed E-state index contributed by atoms with van der Waals surface area (Å²) in [5, 5.41) is 31.6. The zero-order valence-corrected chi connectivity index (χ0v) is 16.8. The maximum Gasteiger partial charge on any atom is 0.318 e. The predicted octanol–water partition coefficient (Wildman–Crippen LogP) is -0.130. The van der Waals surface area contributed by atoms with Crippen LogP contribution in [0, 0.1) is 42.5 Å². The van der Waals surface area contributed by atoms with Gasteiger partial charge in [-0.15, -0.1) is 11.6 Å². The van der Waals surface area contributed by atoms with Gasteiger partial charge in [-0.25, -0.2) is 0 Å². The number of carboxylic acids is 1. The third kappa shape index (κ3) is 58.1. The topological polar surface area (TPSA) is 98.0 Å². The fourth-order valence-corrected chi connectivity index (χ4v) is 0.0577. The van der Waals surface area contributed by atoms with E-state index in [2.05, 4.69) is 6.92 Å². The molecule has 0 bridgehead atoms. The van der Waals surface area contributed by atoms with Gasteiger partial charge in [0.15, 0.2) is 0 Å². The molecule has 0 fully saturated rings. The van der Waals surface area contributed by atoms with Crippen LogP contribution in [0.4, 0.5) is 0 Å². The molecule has 93 valence electrons. The summed E-state index contributed by atoms with van der Waals surface area (Å²) in [5.41, 5.74) is 0. The van der Waals surface area contributed by atoms with Crippen molar-refractivity contribution in [1.29, 1.82) is 0 Å². The molecule has 0 aromatic carbocycles. The van der Waals surface area contributed by atoms with Gasteiger partial charge in [-0.2, -0.15) is 6.42 Å². The van der Waals surface area contributed by atoms with E-state index in [4.69, 9.17) is 32.0 Å². The van der Waals surface area contributed by atoms with Crippen LogP contribution in [0.3, 0.4) is 0 Å². The summed E-state index contributed by atoms with van der Waals surface area (Å²) in [5.74, 6) is -1.29. The van der Waals surface area contributed by atoms with Crippen molar-refractivity contribution in [2.75, 3.05) is 19.1 Å². The molecule has 0 rings (SSSR count). The maximum atomic E-state index is 9.24. The van der Waals surface area contributed by atoms with Gasteiger partial charge in [0.25, 0.3) is 0 Å². The summed E-state index contributed by atoms with van der Waals surface area (Å²) >= 11 is 4.74. The van der Waals surface area contributed by atoms with Crippen molar-refractivity contribution in [2.24, 2.45) is 0 Å². The molecule has 0 aliphatic carbocycles. The van der Waals surface area contributed by atoms with Gasteiger partial charge in [-0.3, -0.25) is 4.79 Å². The van der Waals surface area contributed by atoms with Crippen molar-refractivity contribution < 1.29 is 80.3 Å². The molecule has 4 N–H and O–H groups in total. The smallest absolute Gasteiger partial charge is 0.318 e. The molecule has 0 aliphatic rings. The molecule has 0 saturated carbocycles. The first-order valence-corrected chi connectivity index (χ1v) is 4.50. The number of aliphatic hydroxyl groups is 3. The Morgan fingerprint density at radius 2 is 1.56 bits per heavy atom. The van der Waals surface area contributed by atoms with Crippen LogP contribution in [0.5, 0.6) is 0 Å². The standard InChI is InChI=1S/C3H8O3.C3H7.C2H3ClO2.La.Zn/c4-1-3(6)2-5;1-3-2;3-1-2(4)5;;/h3-6H,1-2H2;1,3H2,2H3;1H2,(H,4,5);;/q;-1;;;. The normalized spacial score (nSPS) is 7.19. The Hall–Kier alpha value is 1.46. The second-order valence-corrected chi connectivity index (χ2v) is 2.31. The number of alkyl halides is 1. The third-order valence-electron chi connectivity index (χ3n) is 0.536. The Kier molecular flexibility index (Phi) is 57.0. The zero-order chi connectivity index (χ0) is 12.0. The van der Waals surface area contributed by atoms with Crippen LogP contribution in [0.2, 0.25) is 0 Å². The van der Waals surface area contributed by atoms with Gasteiger partial charge in [-0.1, -0.05) is 6.92 Å². The molecular formula is C8H18ClLaO5Zn-. The van der Waals surface area contributed by atoms with E-state index in [1.807, 2.05) is 6.92 Å². The number of halogens is 1. The average Bonchev–Trinajstić information content (AvgIpc) is 2.18. The van der Waals surface area contributed by atoms with E-state index in [0.717, 1.165) is 6.42 Å². The van der Waals surface area contributed by atoms with E-state index in [1.54, 1.807) is 0 Å². The van der Waals surface area contributed by atoms with Crippen molar-refractivity contribution in [1.82, 2.24) is 0 Å². The van der Waals surface area contributed by atoms with Crippen molar-refractivity contribution >= 4 is 17.6 Å². The van der Waals surface area contributed by atoms with Crippen LogP contribution in [0.1, 0.15) is 13.3 Å². The van der Waals surface area contributed by atoms with Gasteiger partial charge in [0.1, 0.15) is 12.0 Å². The minimum absolute atomic E-state index is 0. The van der Waals surface area contributed by atoms with E-state index in [9.17, 15) is 4.79 Å². The Bertz CT molecular complexity index is 117. The van der Waals surface area contributed by atoms with Gasteiger partial charge >= 0.3 is 5.97 Å². The molecule has 0 saturated heterocycles. The second kappa shape index (κ2) is 30.0. The Labute approximate surface area is 142 Å². The Morgan fingerprint density at radius 1 is 1.38 bits per heavy atom. The van der Waals surface area contributed by atoms with E-state index in [-0.39, 0.29) is 74.2 Å². The van der Waals surface area contributed by atoms with Crippen molar-refractivity contribution in [3.05, 3.63) is 6.92 Å². The van der Waals surface area contributed by atoms with Crippen LogP contribution in [0.15, 0.2) is 0 Å². The van der Waals surface area contributed by atoms with Crippen molar-refractivity contribution in [3.8, 4) is 0 Å². The minimum atomic E-state index is -0.980. The van der Waals surface area contributed by atoms with Gasteiger partial charge in [0, 0.05) is 55.1 Å². The summed E-state index contributed by atoms with van der Waals surface area (Å²) < 4.78 is 0. The monoisotopic (exact) mass is 432 g/mol. The molecular weight excluding hydrogens is 416 g/mol. The average molecular weight is 434 g/mol. The minimum Gasteiger partial charge on any atom is -0.480 e. The molecule has 0 unspecified atom stereocenters. The van der Waals surface area contributed by atoms with Crippen LogP contribution in [-0.2, 0) is 24.3 Å². The fraction of sp³-hybridized carbons (Fsp3) is 0.750. The Balaban J connectivity index is -0.0000000373. The van der Waals surface area contributed by atoms with Crippen LogP contribution in [-0.4, -0.2) is 51.6 Å². The number of rotatable bonds is 3. The van der Waals surface area contributed by atoms with Crippen molar-refractivity contribution in [3.63, 3.8) is 0 Å². The summed E-state index contributed by atoms with van der Waals surface area (Å²) in [6, 6.07) is 0. The number of hydrogen-bond donors (Lipinski definition) is 4. The van der Waals surface area contributed by atoms with Crippen LogP contribution >= 0.6 is 11.6 Å². The summed E-state index contributed by atoms with van der Waals surface area (Å²) in [4.78, 5) is 9.24. The van der Waals surface area contributed by atoms with Gasteiger partial charge in [-0.05, 0) is 0 Å². The summed E-state index contributed by atoms with van der Waals surface area (Å²) in [7, 11) is 0.